The van der Waals surface area contributed by atoms with E-state index in [1.54, 1.807) is 23.0 Å². The number of methoxy groups -OCH3 is 1. The van der Waals surface area contributed by atoms with Crippen LogP contribution in [0.1, 0.15) is 16.1 Å². The van der Waals surface area contributed by atoms with E-state index < -0.39 is 12.1 Å². The van der Waals surface area contributed by atoms with Gasteiger partial charge in [-0.1, -0.05) is 23.4 Å². The fourth-order valence-corrected chi connectivity index (χ4v) is 2.12. The molecule has 3 aromatic rings. The first-order chi connectivity index (χ1) is 13.7. The molecule has 1 aromatic carbocycles. The molecule has 0 unspecified atom stereocenters. The Kier molecular flexibility index (Phi) is 7.01. The number of hydrogen-bond acceptors (Lipinski definition) is 6. The number of nitrogens with zero attached hydrogens (tertiary/aromatic N) is 4. The van der Waals surface area contributed by atoms with Gasteiger partial charge in [-0.3, -0.25) is 0 Å². The number of hydrogen-bond donors (Lipinski definition) is 0. The molecule has 0 aliphatic carbocycles. The molecule has 0 bridgehead atoms. The predicted molar refractivity (Wildman–Crippen MR) is 89.5 cm³/mol. The van der Waals surface area contributed by atoms with Crippen molar-refractivity contribution < 1.29 is 37.2 Å². The van der Waals surface area contributed by atoms with Gasteiger partial charge < -0.3 is 14.6 Å². The monoisotopic (exact) mass is 408 g/mol. The van der Waals surface area contributed by atoms with Gasteiger partial charge in [0.15, 0.2) is 18.9 Å². The number of carbonyl (C=O) groups excluding carboxylic acids is 2. The Bertz CT molecular complexity index is 974. The molecule has 0 aliphatic heterocycles. The second-order valence-corrected chi connectivity index (χ2v) is 5.53. The minimum Gasteiger partial charge on any atom is -0.542 e. The lowest BCUT2D eigenvalue weighted by Crippen LogP contribution is -2.37. The molecule has 0 aliphatic rings. The lowest BCUT2D eigenvalue weighted by Gasteiger charge is -2.03. The highest BCUT2D eigenvalue weighted by Crippen LogP contribution is 2.11. The Labute approximate surface area is 162 Å². The summed E-state index contributed by atoms with van der Waals surface area (Å²) in [6.45, 7) is 0.525. The summed E-state index contributed by atoms with van der Waals surface area (Å²) < 4.78 is 39.9. The molecule has 0 saturated heterocycles. The first-order valence-electron chi connectivity index (χ1n) is 8.03. The van der Waals surface area contributed by atoms with Crippen LogP contribution < -0.4 is 9.67 Å². The van der Waals surface area contributed by atoms with Crippen LogP contribution in [0.5, 0.6) is 0 Å². The average molecular weight is 408 g/mol. The maximum absolute atomic E-state index is 11.5. The molecule has 2 heterocycles. The topological polar surface area (TPSA) is 101 Å². The number of alkyl halides is 3. The number of aliphatic carboxylic acids is 1. The molecule has 8 nitrogen and oxygen atoms in total. The number of rotatable bonds is 4. The molecule has 11 heteroatoms. The van der Waals surface area contributed by atoms with Crippen molar-refractivity contribution in [2.24, 2.45) is 0 Å². The SMILES string of the molecule is COC(=O)c1ccc[n+](Cc2cn(-c3ccccc3)nn2)c1.O=C([O-])C(F)(F)F. The number of pyridine rings is 1. The minimum atomic E-state index is -5.19. The Morgan fingerprint density at radius 2 is 1.83 bits per heavy atom. The molecule has 29 heavy (non-hydrogen) atoms. The zero-order chi connectivity index (χ0) is 21.4. The zero-order valence-corrected chi connectivity index (χ0v) is 15.0. The van der Waals surface area contributed by atoms with E-state index >= 15 is 0 Å². The van der Waals surface area contributed by atoms with Crippen molar-refractivity contribution in [2.75, 3.05) is 7.11 Å². The Hall–Kier alpha value is -3.76. The first-order valence-corrected chi connectivity index (χ1v) is 8.03. The van der Waals surface area contributed by atoms with E-state index in [-0.39, 0.29) is 5.97 Å². The van der Waals surface area contributed by atoms with Crippen molar-refractivity contribution in [3.05, 3.63) is 72.3 Å². The van der Waals surface area contributed by atoms with E-state index in [4.69, 9.17) is 14.6 Å². The highest BCUT2D eigenvalue weighted by atomic mass is 19.4. The summed E-state index contributed by atoms with van der Waals surface area (Å²) in [7, 11) is 1.37. The molecule has 0 N–H and O–H groups in total. The lowest BCUT2D eigenvalue weighted by molar-refractivity contribution is -0.689. The standard InChI is InChI=1S/C16H15N4O2.C2HF3O2/c1-22-16(21)13-6-5-9-19(10-13)11-14-12-20(18-17-14)15-7-3-2-4-8-15;3-2(4,5)1(6)7/h2-10,12H,11H2,1H3;(H,6,7)/q+1;/p-1. The van der Waals surface area contributed by atoms with E-state index in [2.05, 4.69) is 10.3 Å². The van der Waals surface area contributed by atoms with Crippen molar-refractivity contribution in [2.45, 2.75) is 12.7 Å². The van der Waals surface area contributed by atoms with Gasteiger partial charge in [0.05, 0.1) is 19.0 Å². The molecular weight excluding hydrogens is 393 g/mol. The Balaban J connectivity index is 0.000000370. The van der Waals surface area contributed by atoms with Crippen molar-refractivity contribution in [1.82, 2.24) is 15.0 Å². The van der Waals surface area contributed by atoms with Crippen LogP contribution in [0.15, 0.2) is 61.1 Å². The number of carbonyl (C=O) groups is 2. The third kappa shape index (κ3) is 6.41. The molecule has 0 amide bonds. The molecular formula is C18H15F3N4O4. The molecule has 3 rings (SSSR count). The molecule has 0 radical (unpaired) electrons. The van der Waals surface area contributed by atoms with Gasteiger partial charge in [0.2, 0.25) is 0 Å². The van der Waals surface area contributed by atoms with Crippen LogP contribution in [0.4, 0.5) is 13.2 Å². The summed E-state index contributed by atoms with van der Waals surface area (Å²) in [6.07, 6.45) is 0.272. The number of aromatic nitrogens is 4. The average Bonchev–Trinajstić information content (AvgIpc) is 3.16. The minimum absolute atomic E-state index is 0.359. The lowest BCUT2D eigenvalue weighted by atomic mass is 10.3. The fraction of sp³-hybridized carbons (Fsp3) is 0.167. The molecule has 0 saturated carbocycles. The summed E-state index contributed by atoms with van der Waals surface area (Å²) in [5.74, 6) is -3.37. The van der Waals surface area contributed by atoms with Crippen LogP contribution in [-0.2, 0) is 16.1 Å². The summed E-state index contributed by atoms with van der Waals surface area (Å²) in [5, 5.41) is 17.1. The quantitative estimate of drug-likeness (QED) is 0.465. The molecule has 0 spiro atoms. The summed E-state index contributed by atoms with van der Waals surface area (Å²) in [5.41, 5.74) is 2.26. The second-order valence-electron chi connectivity index (χ2n) is 5.53. The number of carboxylic acids is 1. The van der Waals surface area contributed by atoms with Gasteiger partial charge >= 0.3 is 12.1 Å². The smallest absolute Gasteiger partial charge is 0.430 e. The van der Waals surface area contributed by atoms with Gasteiger partial charge in [-0.2, -0.15) is 17.7 Å². The van der Waals surface area contributed by atoms with E-state index in [0.717, 1.165) is 11.4 Å². The van der Waals surface area contributed by atoms with Crippen LogP contribution in [-0.4, -0.2) is 40.2 Å². The van der Waals surface area contributed by atoms with E-state index in [1.165, 1.54) is 7.11 Å². The first kappa shape index (κ1) is 21.5. The Morgan fingerprint density at radius 1 is 1.17 bits per heavy atom. The number of para-hydroxylation sites is 1. The van der Waals surface area contributed by atoms with Crippen molar-refractivity contribution in [1.29, 1.82) is 0 Å². The van der Waals surface area contributed by atoms with Gasteiger partial charge in [-0.15, -0.1) is 5.10 Å². The predicted octanol–water partition coefficient (Wildman–Crippen LogP) is 0.688. The van der Waals surface area contributed by atoms with Gasteiger partial charge in [-0.05, 0) is 18.2 Å². The largest absolute Gasteiger partial charge is 0.542 e. The van der Waals surface area contributed by atoms with Crippen molar-refractivity contribution >= 4 is 11.9 Å². The third-order valence-electron chi connectivity index (χ3n) is 3.42. The van der Waals surface area contributed by atoms with Gasteiger partial charge in [0, 0.05) is 6.07 Å². The van der Waals surface area contributed by atoms with Gasteiger partial charge in [0.1, 0.15) is 17.2 Å². The molecule has 0 fully saturated rings. The molecule has 152 valence electrons. The number of carboxylic acid groups (broad SMARTS) is 1. The summed E-state index contributed by atoms with van der Waals surface area (Å²) >= 11 is 0. The number of benzene rings is 1. The highest BCUT2D eigenvalue weighted by Gasteiger charge is 2.28. The normalized spacial score (nSPS) is 10.6. The third-order valence-corrected chi connectivity index (χ3v) is 3.42. The number of halogens is 3. The Morgan fingerprint density at radius 3 is 2.41 bits per heavy atom. The van der Waals surface area contributed by atoms with Crippen LogP contribution in [0, 0.1) is 0 Å². The number of esters is 1. The molecule has 0 atom stereocenters. The van der Waals surface area contributed by atoms with Crippen LogP contribution in [0.3, 0.4) is 0 Å². The van der Waals surface area contributed by atoms with E-state index in [9.17, 15) is 18.0 Å². The zero-order valence-electron chi connectivity index (χ0n) is 15.0. The van der Waals surface area contributed by atoms with Gasteiger partial charge in [0.25, 0.3) is 0 Å². The number of ether oxygens (including phenoxy) is 1. The van der Waals surface area contributed by atoms with E-state index in [1.807, 2.05) is 47.3 Å². The van der Waals surface area contributed by atoms with E-state index in [0.29, 0.717) is 12.1 Å². The maximum Gasteiger partial charge on any atom is 0.430 e. The summed E-state index contributed by atoms with van der Waals surface area (Å²) in [4.78, 5) is 20.3. The highest BCUT2D eigenvalue weighted by molar-refractivity contribution is 5.88. The van der Waals surface area contributed by atoms with Crippen molar-refractivity contribution in [3.8, 4) is 5.69 Å². The second kappa shape index (κ2) is 9.44. The van der Waals surface area contributed by atoms with Crippen molar-refractivity contribution in [3.63, 3.8) is 0 Å². The molecule has 2 aromatic heterocycles. The van der Waals surface area contributed by atoms with Crippen LogP contribution in [0.2, 0.25) is 0 Å². The fourth-order valence-electron chi connectivity index (χ4n) is 2.12. The maximum atomic E-state index is 11.5. The van der Waals surface area contributed by atoms with Crippen LogP contribution in [0.25, 0.3) is 5.69 Å². The van der Waals surface area contributed by atoms with Gasteiger partial charge in [-0.25, -0.2) is 9.48 Å². The van der Waals surface area contributed by atoms with Crippen LogP contribution >= 0.6 is 0 Å². The summed E-state index contributed by atoms with van der Waals surface area (Å²) in [6, 6.07) is 13.3.